The Bertz CT molecular complexity index is 403. The molecule has 0 bridgehead atoms. The van der Waals surface area contributed by atoms with Gasteiger partial charge in [-0.05, 0) is 13.0 Å². The Morgan fingerprint density at radius 2 is 2.06 bits per heavy atom. The number of aliphatic carboxylic acids is 1. The van der Waals surface area contributed by atoms with Crippen molar-refractivity contribution in [1.29, 1.82) is 0 Å². The van der Waals surface area contributed by atoms with Gasteiger partial charge in [0.2, 0.25) is 5.91 Å². The van der Waals surface area contributed by atoms with Crippen LogP contribution in [-0.4, -0.2) is 23.6 Å². The van der Waals surface area contributed by atoms with Gasteiger partial charge >= 0.3 is 5.97 Å². The SMILES string of the molecule is CCOCc1ccccc1NC(=O)CC(=O)O. The zero-order valence-corrected chi connectivity index (χ0v) is 9.60. The van der Waals surface area contributed by atoms with Crippen LogP contribution in [0.2, 0.25) is 0 Å². The molecule has 0 unspecified atom stereocenters. The number of carbonyl (C=O) groups is 2. The largest absolute Gasteiger partial charge is 0.481 e. The maximum atomic E-state index is 11.3. The highest BCUT2D eigenvalue weighted by atomic mass is 16.5. The fraction of sp³-hybridized carbons (Fsp3) is 0.333. The smallest absolute Gasteiger partial charge is 0.312 e. The second kappa shape index (κ2) is 6.65. The first-order chi connectivity index (χ1) is 8.13. The molecule has 0 saturated heterocycles. The molecule has 0 heterocycles. The first kappa shape index (κ1) is 13.2. The van der Waals surface area contributed by atoms with E-state index in [1.54, 1.807) is 12.1 Å². The summed E-state index contributed by atoms with van der Waals surface area (Å²) in [5, 5.41) is 11.0. The number of hydrogen-bond acceptors (Lipinski definition) is 3. The Labute approximate surface area is 99.4 Å². The second-order valence-corrected chi connectivity index (χ2v) is 3.41. The number of carboxylic acid groups (broad SMARTS) is 1. The quantitative estimate of drug-likeness (QED) is 0.737. The average molecular weight is 237 g/mol. The van der Waals surface area contributed by atoms with Crippen molar-refractivity contribution in [3.63, 3.8) is 0 Å². The minimum atomic E-state index is -1.15. The number of nitrogens with one attached hydrogen (secondary N) is 1. The molecule has 1 rings (SSSR count). The van der Waals surface area contributed by atoms with E-state index in [2.05, 4.69) is 5.32 Å². The van der Waals surface area contributed by atoms with Gasteiger partial charge in [0.05, 0.1) is 6.61 Å². The Morgan fingerprint density at radius 1 is 1.35 bits per heavy atom. The summed E-state index contributed by atoms with van der Waals surface area (Å²) >= 11 is 0. The first-order valence-electron chi connectivity index (χ1n) is 5.30. The van der Waals surface area contributed by atoms with Gasteiger partial charge in [0, 0.05) is 17.9 Å². The second-order valence-electron chi connectivity index (χ2n) is 3.41. The van der Waals surface area contributed by atoms with Crippen LogP contribution in [0.15, 0.2) is 24.3 Å². The lowest BCUT2D eigenvalue weighted by molar-refractivity contribution is -0.139. The molecule has 1 aromatic carbocycles. The third kappa shape index (κ3) is 4.65. The number of anilines is 1. The van der Waals surface area contributed by atoms with Crippen LogP contribution in [0.5, 0.6) is 0 Å². The molecular weight excluding hydrogens is 222 g/mol. The Hall–Kier alpha value is -1.88. The van der Waals surface area contributed by atoms with Gasteiger partial charge in [-0.15, -0.1) is 0 Å². The molecule has 2 N–H and O–H groups in total. The lowest BCUT2D eigenvalue weighted by atomic mass is 10.2. The molecule has 5 heteroatoms. The molecule has 0 atom stereocenters. The van der Waals surface area contributed by atoms with E-state index < -0.39 is 18.3 Å². The van der Waals surface area contributed by atoms with Gasteiger partial charge in [-0.25, -0.2) is 0 Å². The predicted octanol–water partition coefficient (Wildman–Crippen LogP) is 1.64. The normalized spacial score (nSPS) is 9.94. The van der Waals surface area contributed by atoms with Crippen LogP contribution in [0.1, 0.15) is 18.9 Å². The maximum absolute atomic E-state index is 11.3. The number of rotatable bonds is 6. The molecule has 0 radical (unpaired) electrons. The monoisotopic (exact) mass is 237 g/mol. The van der Waals surface area contributed by atoms with Gasteiger partial charge in [0.1, 0.15) is 6.42 Å². The molecule has 0 spiro atoms. The fourth-order valence-corrected chi connectivity index (χ4v) is 1.31. The number of hydrogen-bond donors (Lipinski definition) is 2. The van der Waals surface area contributed by atoms with Crippen molar-refractivity contribution in [1.82, 2.24) is 0 Å². The van der Waals surface area contributed by atoms with E-state index in [4.69, 9.17) is 9.84 Å². The van der Waals surface area contributed by atoms with Crippen molar-refractivity contribution in [3.05, 3.63) is 29.8 Å². The van der Waals surface area contributed by atoms with Crippen LogP contribution in [0, 0.1) is 0 Å². The van der Waals surface area contributed by atoms with Crippen LogP contribution < -0.4 is 5.32 Å². The van der Waals surface area contributed by atoms with Crippen molar-refractivity contribution >= 4 is 17.6 Å². The van der Waals surface area contributed by atoms with Crippen LogP contribution in [0.4, 0.5) is 5.69 Å². The Kier molecular flexibility index (Phi) is 5.16. The van der Waals surface area contributed by atoms with E-state index in [-0.39, 0.29) is 0 Å². The predicted molar refractivity (Wildman–Crippen MR) is 62.7 cm³/mol. The molecule has 0 aliphatic heterocycles. The Morgan fingerprint density at radius 3 is 2.71 bits per heavy atom. The number of carbonyl (C=O) groups excluding carboxylic acids is 1. The van der Waals surface area contributed by atoms with Crippen molar-refractivity contribution in [2.45, 2.75) is 20.0 Å². The highest BCUT2D eigenvalue weighted by molar-refractivity contribution is 6.01. The summed E-state index contributed by atoms with van der Waals surface area (Å²) in [7, 11) is 0. The average Bonchev–Trinajstić information content (AvgIpc) is 2.26. The standard InChI is InChI=1S/C12H15NO4/c1-2-17-8-9-5-3-4-6-10(9)13-11(14)7-12(15)16/h3-6H,2,7-8H2,1H3,(H,13,14)(H,15,16). The molecule has 17 heavy (non-hydrogen) atoms. The summed E-state index contributed by atoms with van der Waals surface area (Å²) in [6.07, 6.45) is -0.539. The van der Waals surface area contributed by atoms with Gasteiger partial charge in [0.15, 0.2) is 0 Å². The Balaban J connectivity index is 2.69. The van der Waals surface area contributed by atoms with Crippen molar-refractivity contribution < 1.29 is 19.4 Å². The molecule has 92 valence electrons. The highest BCUT2D eigenvalue weighted by Gasteiger charge is 2.09. The van der Waals surface area contributed by atoms with Crippen LogP contribution in [-0.2, 0) is 20.9 Å². The maximum Gasteiger partial charge on any atom is 0.312 e. The van der Waals surface area contributed by atoms with Crippen LogP contribution >= 0.6 is 0 Å². The lowest BCUT2D eigenvalue weighted by Crippen LogP contribution is -2.17. The molecule has 1 aromatic rings. The molecule has 0 aliphatic carbocycles. The third-order valence-electron chi connectivity index (χ3n) is 2.06. The molecule has 0 saturated carbocycles. The molecule has 0 aromatic heterocycles. The molecule has 1 amide bonds. The van der Waals surface area contributed by atoms with E-state index in [1.807, 2.05) is 19.1 Å². The lowest BCUT2D eigenvalue weighted by Gasteiger charge is -2.10. The number of para-hydroxylation sites is 1. The van der Waals surface area contributed by atoms with E-state index >= 15 is 0 Å². The molecular formula is C12H15NO4. The summed E-state index contributed by atoms with van der Waals surface area (Å²) in [6.45, 7) is 2.85. The minimum absolute atomic E-state index is 0.389. The number of carboxylic acids is 1. The van der Waals surface area contributed by atoms with Crippen molar-refractivity contribution in [2.75, 3.05) is 11.9 Å². The van der Waals surface area contributed by atoms with Crippen LogP contribution in [0.25, 0.3) is 0 Å². The number of benzene rings is 1. The van der Waals surface area contributed by atoms with Gasteiger partial charge in [-0.1, -0.05) is 18.2 Å². The summed E-state index contributed by atoms with van der Waals surface area (Å²) in [5.41, 5.74) is 1.42. The third-order valence-corrected chi connectivity index (χ3v) is 2.06. The van der Waals surface area contributed by atoms with E-state index in [0.717, 1.165) is 5.56 Å². The highest BCUT2D eigenvalue weighted by Crippen LogP contribution is 2.16. The summed E-state index contributed by atoms with van der Waals surface area (Å²) in [4.78, 5) is 21.7. The topological polar surface area (TPSA) is 75.6 Å². The first-order valence-corrected chi connectivity index (χ1v) is 5.30. The van der Waals surface area contributed by atoms with Gasteiger partial charge in [-0.3, -0.25) is 9.59 Å². The summed E-state index contributed by atoms with van der Waals surface area (Å²) < 4.78 is 5.26. The zero-order valence-electron chi connectivity index (χ0n) is 9.60. The van der Waals surface area contributed by atoms with Crippen molar-refractivity contribution in [2.24, 2.45) is 0 Å². The minimum Gasteiger partial charge on any atom is -0.481 e. The molecule has 0 fully saturated rings. The van der Waals surface area contributed by atoms with Crippen molar-refractivity contribution in [3.8, 4) is 0 Å². The van der Waals surface area contributed by atoms with Gasteiger partial charge in [0.25, 0.3) is 0 Å². The molecule has 5 nitrogen and oxygen atoms in total. The van der Waals surface area contributed by atoms with E-state index in [1.165, 1.54) is 0 Å². The fourth-order valence-electron chi connectivity index (χ4n) is 1.31. The molecule has 0 aliphatic rings. The van der Waals surface area contributed by atoms with Crippen LogP contribution in [0.3, 0.4) is 0 Å². The number of amides is 1. The van der Waals surface area contributed by atoms with E-state index in [0.29, 0.717) is 18.9 Å². The van der Waals surface area contributed by atoms with Gasteiger partial charge < -0.3 is 15.2 Å². The summed E-state index contributed by atoms with van der Waals surface area (Å²) in [6, 6.07) is 7.15. The number of ether oxygens (including phenoxy) is 1. The van der Waals surface area contributed by atoms with E-state index in [9.17, 15) is 9.59 Å². The zero-order chi connectivity index (χ0) is 12.7. The van der Waals surface area contributed by atoms with Gasteiger partial charge in [-0.2, -0.15) is 0 Å². The summed E-state index contributed by atoms with van der Waals surface area (Å²) in [5.74, 6) is -1.69.